The normalized spacial score (nSPS) is 27.3. The summed E-state index contributed by atoms with van der Waals surface area (Å²) in [7, 11) is 0. The first kappa shape index (κ1) is 16.7. The van der Waals surface area contributed by atoms with E-state index in [1.807, 2.05) is 0 Å². The summed E-state index contributed by atoms with van der Waals surface area (Å²) in [6, 6.07) is 6.46. The van der Waals surface area contributed by atoms with Crippen molar-refractivity contribution in [3.05, 3.63) is 46.5 Å². The van der Waals surface area contributed by atoms with Gasteiger partial charge in [-0.25, -0.2) is 4.98 Å². The van der Waals surface area contributed by atoms with E-state index in [2.05, 4.69) is 22.1 Å². The minimum atomic E-state index is -0.470. The molecular formula is C18H20N4O4. The van der Waals surface area contributed by atoms with Crippen LogP contribution in [-0.4, -0.2) is 45.9 Å². The third kappa shape index (κ3) is 2.96. The first-order valence-electron chi connectivity index (χ1n) is 8.78. The molecule has 0 saturated carbocycles. The molecule has 8 nitrogen and oxygen atoms in total. The van der Waals surface area contributed by atoms with Crippen LogP contribution < -0.4 is 5.32 Å². The van der Waals surface area contributed by atoms with Gasteiger partial charge in [0.15, 0.2) is 5.76 Å². The van der Waals surface area contributed by atoms with Crippen LogP contribution in [0.15, 0.2) is 34.9 Å². The summed E-state index contributed by atoms with van der Waals surface area (Å²) in [4.78, 5) is 29.4. The lowest BCUT2D eigenvalue weighted by Crippen LogP contribution is -2.62. The van der Waals surface area contributed by atoms with Crippen molar-refractivity contribution >= 4 is 11.6 Å². The molecule has 8 heteroatoms. The van der Waals surface area contributed by atoms with Crippen LogP contribution in [0.4, 0.5) is 5.69 Å². The van der Waals surface area contributed by atoms with E-state index in [0.29, 0.717) is 23.3 Å². The highest BCUT2D eigenvalue weighted by molar-refractivity contribution is 5.90. The average molecular weight is 356 g/mol. The van der Waals surface area contributed by atoms with Gasteiger partial charge >= 0.3 is 5.91 Å². The van der Waals surface area contributed by atoms with Crippen LogP contribution in [-0.2, 0) is 0 Å². The smallest absolute Gasteiger partial charge is 0.307 e. The number of rotatable bonds is 4. The molecule has 3 fully saturated rings. The zero-order valence-corrected chi connectivity index (χ0v) is 14.4. The van der Waals surface area contributed by atoms with Crippen LogP contribution >= 0.6 is 0 Å². The van der Waals surface area contributed by atoms with Crippen molar-refractivity contribution in [2.75, 3.05) is 13.1 Å². The van der Waals surface area contributed by atoms with Crippen molar-refractivity contribution in [2.45, 2.75) is 31.8 Å². The first-order chi connectivity index (χ1) is 12.5. The van der Waals surface area contributed by atoms with E-state index in [1.165, 1.54) is 18.3 Å². The maximum atomic E-state index is 12.6. The van der Waals surface area contributed by atoms with Crippen LogP contribution in [0.5, 0.6) is 0 Å². The number of nitrogens with one attached hydrogen (secondary N) is 1. The SMILES string of the molecule is C[C@H]1[C@H](NC(=O)c2ncc(-c3cccc([N+](=O)[O-])c3)o2)C2CCN1CC2. The van der Waals surface area contributed by atoms with Crippen LogP contribution in [0, 0.1) is 16.0 Å². The van der Waals surface area contributed by atoms with Gasteiger partial charge in [0.2, 0.25) is 0 Å². The summed E-state index contributed by atoms with van der Waals surface area (Å²) >= 11 is 0. The third-order valence-electron chi connectivity index (χ3n) is 5.52. The quantitative estimate of drug-likeness (QED) is 0.667. The number of piperidine rings is 3. The Labute approximate surface area is 150 Å². The average Bonchev–Trinajstić information content (AvgIpc) is 3.15. The number of carbonyl (C=O) groups excluding carboxylic acids is 1. The van der Waals surface area contributed by atoms with Gasteiger partial charge in [-0.2, -0.15) is 0 Å². The van der Waals surface area contributed by atoms with Crippen molar-refractivity contribution < 1.29 is 14.1 Å². The molecule has 3 saturated heterocycles. The predicted octanol–water partition coefficient (Wildman–Crippen LogP) is 2.46. The fraction of sp³-hybridized carbons (Fsp3) is 0.444. The van der Waals surface area contributed by atoms with Gasteiger partial charge in [-0.05, 0) is 38.8 Å². The Bertz CT molecular complexity index is 839. The number of amides is 1. The van der Waals surface area contributed by atoms with E-state index in [1.54, 1.807) is 12.1 Å². The second-order valence-electron chi connectivity index (χ2n) is 6.95. The maximum absolute atomic E-state index is 12.6. The number of fused-ring (bicyclic) bond motifs is 3. The molecule has 1 N–H and O–H groups in total. The lowest BCUT2D eigenvalue weighted by molar-refractivity contribution is -0.384. The fourth-order valence-corrected chi connectivity index (χ4v) is 4.04. The van der Waals surface area contributed by atoms with E-state index in [-0.39, 0.29) is 23.5 Å². The summed E-state index contributed by atoms with van der Waals surface area (Å²) < 4.78 is 5.56. The number of hydrogen-bond donors (Lipinski definition) is 1. The van der Waals surface area contributed by atoms with Crippen LogP contribution in [0.2, 0.25) is 0 Å². The highest BCUT2D eigenvalue weighted by atomic mass is 16.6. The highest BCUT2D eigenvalue weighted by Crippen LogP contribution is 2.32. The summed E-state index contributed by atoms with van der Waals surface area (Å²) in [6.07, 6.45) is 3.62. The van der Waals surface area contributed by atoms with Gasteiger partial charge < -0.3 is 9.73 Å². The summed E-state index contributed by atoms with van der Waals surface area (Å²) in [5, 5.41) is 14.0. The molecule has 2 aromatic rings. The zero-order valence-electron chi connectivity index (χ0n) is 14.4. The van der Waals surface area contributed by atoms with Crippen molar-refractivity contribution in [1.82, 2.24) is 15.2 Å². The van der Waals surface area contributed by atoms with Gasteiger partial charge in [-0.3, -0.25) is 19.8 Å². The van der Waals surface area contributed by atoms with E-state index in [4.69, 9.17) is 4.42 Å². The molecule has 0 radical (unpaired) electrons. The van der Waals surface area contributed by atoms with E-state index >= 15 is 0 Å². The van der Waals surface area contributed by atoms with E-state index in [9.17, 15) is 14.9 Å². The van der Waals surface area contributed by atoms with Crippen molar-refractivity contribution in [2.24, 2.45) is 5.92 Å². The zero-order chi connectivity index (χ0) is 18.3. The Kier molecular flexibility index (Phi) is 4.20. The Morgan fingerprint density at radius 3 is 2.85 bits per heavy atom. The van der Waals surface area contributed by atoms with Crippen molar-refractivity contribution in [3.63, 3.8) is 0 Å². The number of non-ortho nitro benzene ring substituents is 1. The Hall–Kier alpha value is -2.74. The summed E-state index contributed by atoms with van der Waals surface area (Å²) in [6.45, 7) is 4.32. The Morgan fingerprint density at radius 2 is 2.15 bits per heavy atom. The largest absolute Gasteiger partial charge is 0.432 e. The third-order valence-corrected chi connectivity index (χ3v) is 5.52. The predicted molar refractivity (Wildman–Crippen MR) is 93.6 cm³/mol. The molecule has 4 heterocycles. The van der Waals surface area contributed by atoms with Gasteiger partial charge in [-0.15, -0.1) is 0 Å². The standard InChI is InChI=1S/C18H20N4O4/c1-11-16(12-5-7-21(11)8-6-12)20-17(23)18-19-10-15(26-18)13-3-2-4-14(9-13)22(24)25/h2-4,9-12,16H,5-8H2,1H3,(H,20,23)/t11-,16-/m0/s1. The van der Waals surface area contributed by atoms with Gasteiger partial charge in [-0.1, -0.05) is 12.1 Å². The van der Waals surface area contributed by atoms with Gasteiger partial charge in [0.25, 0.3) is 11.6 Å². The molecule has 3 aliphatic heterocycles. The molecule has 0 spiro atoms. The molecule has 26 heavy (non-hydrogen) atoms. The number of benzene rings is 1. The van der Waals surface area contributed by atoms with E-state index in [0.717, 1.165) is 25.9 Å². The Balaban J connectivity index is 1.50. The van der Waals surface area contributed by atoms with Crippen molar-refractivity contribution in [1.29, 1.82) is 0 Å². The summed E-state index contributed by atoms with van der Waals surface area (Å²) in [5.74, 6) is 0.466. The number of nitrogens with zero attached hydrogens (tertiary/aromatic N) is 3. The topological polar surface area (TPSA) is 102 Å². The molecule has 3 aliphatic rings. The van der Waals surface area contributed by atoms with Gasteiger partial charge in [0, 0.05) is 29.8 Å². The van der Waals surface area contributed by atoms with Gasteiger partial charge in [0.1, 0.15) is 0 Å². The molecule has 0 unspecified atom stereocenters. The second kappa shape index (κ2) is 6.53. The molecule has 136 valence electrons. The number of hydrogen-bond acceptors (Lipinski definition) is 6. The molecule has 5 rings (SSSR count). The minimum absolute atomic E-state index is 0.0184. The number of nitro benzene ring substituents is 1. The Morgan fingerprint density at radius 1 is 1.38 bits per heavy atom. The maximum Gasteiger partial charge on any atom is 0.307 e. The number of carbonyl (C=O) groups is 1. The minimum Gasteiger partial charge on any atom is -0.432 e. The van der Waals surface area contributed by atoms with E-state index < -0.39 is 4.92 Å². The molecule has 1 amide bonds. The van der Waals surface area contributed by atoms with Crippen LogP contribution in [0.3, 0.4) is 0 Å². The molecule has 0 aliphatic carbocycles. The first-order valence-corrected chi connectivity index (χ1v) is 8.78. The van der Waals surface area contributed by atoms with Gasteiger partial charge in [0.05, 0.1) is 11.1 Å². The monoisotopic (exact) mass is 356 g/mol. The van der Waals surface area contributed by atoms with Crippen LogP contribution in [0.1, 0.15) is 30.5 Å². The second-order valence-corrected chi connectivity index (χ2v) is 6.95. The number of aromatic nitrogens is 1. The lowest BCUT2D eigenvalue weighted by Gasteiger charge is -2.49. The molecule has 1 aromatic heterocycles. The fourth-order valence-electron chi connectivity index (χ4n) is 4.04. The molecule has 1 aromatic carbocycles. The number of oxazole rings is 1. The summed E-state index contributed by atoms with van der Waals surface area (Å²) in [5.41, 5.74) is 0.480. The molecule has 2 bridgehead atoms. The molecular weight excluding hydrogens is 336 g/mol. The number of nitro groups is 1. The lowest BCUT2D eigenvalue weighted by atomic mass is 9.79. The van der Waals surface area contributed by atoms with Crippen LogP contribution in [0.25, 0.3) is 11.3 Å². The highest BCUT2D eigenvalue weighted by Gasteiger charge is 2.40. The van der Waals surface area contributed by atoms with Crippen molar-refractivity contribution in [3.8, 4) is 11.3 Å². The molecule has 2 atom stereocenters.